The van der Waals surface area contributed by atoms with Gasteiger partial charge >= 0.3 is 0 Å². The smallest absolute Gasteiger partial charge is 0.222 e. The van der Waals surface area contributed by atoms with E-state index in [1.807, 2.05) is 4.57 Å². The first-order chi connectivity index (χ1) is 14.4. The van der Waals surface area contributed by atoms with Crippen molar-refractivity contribution < 1.29 is 13.6 Å². The molecule has 2 aromatic heterocycles. The van der Waals surface area contributed by atoms with Crippen molar-refractivity contribution in [2.75, 3.05) is 0 Å². The Kier molecular flexibility index (Phi) is 7.24. The quantitative estimate of drug-likeness (QED) is 0.416. The molecule has 3 aromatic rings. The van der Waals surface area contributed by atoms with Crippen LogP contribution in [0.15, 0.2) is 30.9 Å². The number of hydrogen-bond acceptors (Lipinski definition) is 4. The fourth-order valence-corrected chi connectivity index (χ4v) is 4.32. The maximum absolute atomic E-state index is 14.0. The van der Waals surface area contributed by atoms with E-state index in [4.69, 9.17) is 18.0 Å². The van der Waals surface area contributed by atoms with Crippen LogP contribution in [0.4, 0.5) is 8.78 Å². The van der Waals surface area contributed by atoms with Crippen molar-refractivity contribution in [1.29, 1.82) is 0 Å². The minimum atomic E-state index is -0.578. The van der Waals surface area contributed by atoms with Gasteiger partial charge in [0.25, 0.3) is 0 Å². The third-order valence-electron chi connectivity index (χ3n) is 5.48. The molecular weight excluding hydrogens is 446 g/mol. The summed E-state index contributed by atoms with van der Waals surface area (Å²) in [6.45, 7) is 0.266. The number of nitrogens with one attached hydrogen (secondary N) is 3. The first-order valence-electron chi connectivity index (χ1n) is 9.68. The molecule has 0 fully saturated rings. The van der Waals surface area contributed by atoms with E-state index >= 15 is 0 Å². The summed E-state index contributed by atoms with van der Waals surface area (Å²) < 4.78 is 30.1. The van der Waals surface area contributed by atoms with Gasteiger partial charge in [-0.05, 0) is 48.7 Å². The van der Waals surface area contributed by atoms with Gasteiger partial charge in [0, 0.05) is 30.9 Å². The van der Waals surface area contributed by atoms with Gasteiger partial charge in [-0.15, -0.1) is 12.4 Å². The predicted molar refractivity (Wildman–Crippen MR) is 116 cm³/mol. The van der Waals surface area contributed by atoms with Crippen LogP contribution in [0, 0.1) is 16.4 Å². The Morgan fingerprint density at radius 1 is 1.39 bits per heavy atom. The summed E-state index contributed by atoms with van der Waals surface area (Å²) in [6.07, 6.45) is 6.62. The summed E-state index contributed by atoms with van der Waals surface area (Å²) in [4.78, 5) is 22.1. The van der Waals surface area contributed by atoms with Gasteiger partial charge in [-0.1, -0.05) is 0 Å². The number of aromatic amines is 2. The first-order valence-corrected chi connectivity index (χ1v) is 10.1. The standard InChI is InChI=1S/C20H22F2N6OS.ClH/c21-12-3-11-4-13(1-2-15(11)16(22)5-12)28-14(8-26-20(28)30)7-25-19(29)6-17(23)18-9-24-10-27-18;/h3,5,8-10,13,17H,1-2,4,6-7,23H2,(H,24,27)(H,25,29)(H,26,30);1H. The van der Waals surface area contributed by atoms with Crippen LogP contribution in [0.1, 0.15) is 47.4 Å². The van der Waals surface area contributed by atoms with Crippen molar-refractivity contribution in [3.05, 3.63) is 69.8 Å². The summed E-state index contributed by atoms with van der Waals surface area (Å²) in [5.41, 5.74) is 8.72. The molecule has 1 aliphatic rings. The second-order valence-corrected chi connectivity index (χ2v) is 7.86. The zero-order chi connectivity index (χ0) is 21.3. The van der Waals surface area contributed by atoms with Crippen molar-refractivity contribution in [3.63, 3.8) is 0 Å². The largest absolute Gasteiger partial charge is 0.350 e. The molecule has 4 rings (SSSR count). The number of halogens is 3. The molecule has 0 saturated carbocycles. The van der Waals surface area contributed by atoms with Gasteiger partial charge < -0.3 is 25.6 Å². The van der Waals surface area contributed by atoms with Gasteiger partial charge in [0.15, 0.2) is 4.77 Å². The fraction of sp³-hybridized carbons (Fsp3) is 0.350. The van der Waals surface area contributed by atoms with Crippen molar-refractivity contribution in [2.45, 2.75) is 44.3 Å². The summed E-state index contributed by atoms with van der Waals surface area (Å²) >= 11 is 5.42. The number of hydrogen-bond donors (Lipinski definition) is 4. The summed E-state index contributed by atoms with van der Waals surface area (Å²) in [7, 11) is 0. The molecule has 1 amide bonds. The average Bonchev–Trinajstić information content (AvgIpc) is 3.35. The molecule has 0 bridgehead atoms. The summed E-state index contributed by atoms with van der Waals surface area (Å²) in [5.74, 6) is -1.28. The normalized spacial score (nSPS) is 16.3. The lowest BCUT2D eigenvalue weighted by Crippen LogP contribution is -2.29. The lowest BCUT2D eigenvalue weighted by Gasteiger charge is -2.27. The average molecular weight is 469 g/mol. The van der Waals surface area contributed by atoms with Crippen LogP contribution < -0.4 is 11.1 Å². The molecule has 5 N–H and O–H groups in total. The van der Waals surface area contributed by atoms with Crippen molar-refractivity contribution >= 4 is 30.5 Å². The van der Waals surface area contributed by atoms with Crippen LogP contribution in [0.25, 0.3) is 0 Å². The maximum atomic E-state index is 14.0. The second kappa shape index (κ2) is 9.71. The molecule has 2 atom stereocenters. The van der Waals surface area contributed by atoms with Crippen LogP contribution >= 0.6 is 24.6 Å². The molecule has 2 unspecified atom stereocenters. The Bertz CT molecular complexity index is 1110. The number of carbonyl (C=O) groups is 1. The van der Waals surface area contributed by atoms with Crippen molar-refractivity contribution in [3.8, 4) is 0 Å². The van der Waals surface area contributed by atoms with E-state index < -0.39 is 17.7 Å². The minimum absolute atomic E-state index is 0. The Labute approximate surface area is 188 Å². The molecule has 0 spiro atoms. The number of carbonyl (C=O) groups excluding carboxylic acids is 1. The molecule has 11 heteroatoms. The number of rotatable bonds is 6. The molecule has 166 valence electrons. The number of aromatic nitrogens is 4. The molecular formula is C20H23ClF2N6OS. The second-order valence-electron chi connectivity index (χ2n) is 7.47. The summed E-state index contributed by atoms with van der Waals surface area (Å²) in [6, 6.07) is 1.80. The first kappa shape index (κ1) is 23.1. The Hall–Kier alpha value is -2.56. The topological polar surface area (TPSA) is 105 Å². The van der Waals surface area contributed by atoms with Crippen LogP contribution in [-0.2, 0) is 24.2 Å². The highest BCUT2D eigenvalue weighted by molar-refractivity contribution is 7.71. The molecule has 31 heavy (non-hydrogen) atoms. The van der Waals surface area contributed by atoms with Gasteiger partial charge in [0.2, 0.25) is 5.91 Å². The van der Waals surface area contributed by atoms with Gasteiger partial charge in [-0.2, -0.15) is 0 Å². The number of nitrogens with two attached hydrogens (primary N) is 1. The van der Waals surface area contributed by atoms with Crippen LogP contribution in [0.5, 0.6) is 0 Å². The Morgan fingerprint density at radius 3 is 2.94 bits per heavy atom. The van der Waals surface area contributed by atoms with Gasteiger partial charge in [-0.3, -0.25) is 4.79 Å². The number of imidazole rings is 2. The van der Waals surface area contributed by atoms with Gasteiger partial charge in [0.1, 0.15) is 11.6 Å². The molecule has 7 nitrogen and oxygen atoms in total. The molecule has 2 heterocycles. The molecule has 1 aliphatic carbocycles. The Balaban J connectivity index is 0.00000272. The van der Waals surface area contributed by atoms with Crippen molar-refractivity contribution in [2.24, 2.45) is 5.73 Å². The fourth-order valence-electron chi connectivity index (χ4n) is 4.00. The number of nitrogens with zero attached hydrogens (tertiary/aromatic N) is 2. The lowest BCUT2D eigenvalue weighted by atomic mass is 9.87. The minimum Gasteiger partial charge on any atom is -0.350 e. The third kappa shape index (κ3) is 5.03. The highest BCUT2D eigenvalue weighted by Gasteiger charge is 2.25. The van der Waals surface area contributed by atoms with E-state index in [2.05, 4.69) is 20.3 Å². The highest BCUT2D eigenvalue weighted by Crippen LogP contribution is 2.32. The van der Waals surface area contributed by atoms with E-state index in [1.54, 1.807) is 12.4 Å². The van der Waals surface area contributed by atoms with Crippen LogP contribution in [-0.4, -0.2) is 25.4 Å². The van der Waals surface area contributed by atoms with E-state index in [9.17, 15) is 13.6 Å². The van der Waals surface area contributed by atoms with Crippen LogP contribution in [0.3, 0.4) is 0 Å². The van der Waals surface area contributed by atoms with Crippen LogP contribution in [0.2, 0.25) is 0 Å². The number of benzene rings is 1. The monoisotopic (exact) mass is 468 g/mol. The highest BCUT2D eigenvalue weighted by atomic mass is 35.5. The maximum Gasteiger partial charge on any atom is 0.222 e. The molecule has 0 radical (unpaired) electrons. The number of fused-ring (bicyclic) bond motifs is 1. The Morgan fingerprint density at radius 2 is 2.19 bits per heavy atom. The molecule has 1 aromatic carbocycles. The number of amides is 1. The SMILES string of the molecule is Cl.NC(CC(=O)NCc1c[nH]c(=S)n1C1CCc2c(F)cc(F)cc2C1)c1cnc[nH]1. The van der Waals surface area contributed by atoms with E-state index in [0.717, 1.165) is 11.8 Å². The van der Waals surface area contributed by atoms with Gasteiger partial charge in [-0.25, -0.2) is 13.8 Å². The zero-order valence-corrected chi connectivity index (χ0v) is 18.2. The van der Waals surface area contributed by atoms with Crippen molar-refractivity contribution in [1.82, 2.24) is 24.8 Å². The van der Waals surface area contributed by atoms with Gasteiger partial charge in [0.05, 0.1) is 30.3 Å². The zero-order valence-electron chi connectivity index (χ0n) is 16.5. The third-order valence-corrected chi connectivity index (χ3v) is 5.80. The number of H-pyrrole nitrogens is 2. The predicted octanol–water partition coefficient (Wildman–Crippen LogP) is 3.41. The van der Waals surface area contributed by atoms with E-state index in [0.29, 0.717) is 40.9 Å². The lowest BCUT2D eigenvalue weighted by molar-refractivity contribution is -0.121. The summed E-state index contributed by atoms with van der Waals surface area (Å²) in [5, 5.41) is 2.86. The van der Waals surface area contributed by atoms with E-state index in [1.165, 1.54) is 12.4 Å². The molecule has 0 aliphatic heterocycles. The molecule has 0 saturated heterocycles. The van der Waals surface area contributed by atoms with E-state index in [-0.39, 0.29) is 37.3 Å².